The molecule has 0 saturated carbocycles. The molecule has 1 aliphatic rings. The summed E-state index contributed by atoms with van der Waals surface area (Å²) in [6.45, 7) is 12.9. The van der Waals surface area contributed by atoms with Crippen molar-refractivity contribution in [1.29, 1.82) is 0 Å². The lowest BCUT2D eigenvalue weighted by atomic mass is 10.0. The highest BCUT2D eigenvalue weighted by Crippen LogP contribution is 2.41. The fourth-order valence-corrected chi connectivity index (χ4v) is 9.62. The number of ether oxygens (including phenoxy) is 2. The van der Waals surface area contributed by atoms with Gasteiger partial charge < -0.3 is 23.4 Å². The van der Waals surface area contributed by atoms with Crippen molar-refractivity contribution in [3.63, 3.8) is 0 Å². The molecule has 1 heterocycles. The Hall–Kier alpha value is -0.473. The van der Waals surface area contributed by atoms with E-state index in [4.69, 9.17) is 23.4 Å². The van der Waals surface area contributed by atoms with E-state index in [2.05, 4.69) is 6.92 Å². The third-order valence-corrected chi connectivity index (χ3v) is 11.6. The highest BCUT2D eigenvalue weighted by atomic mass is 28.4. The quantitative estimate of drug-likeness (QED) is 0.0720. The van der Waals surface area contributed by atoms with Crippen LogP contribution in [0.3, 0.4) is 0 Å². The Kier molecular flexibility index (Phi) is 25.2. The van der Waals surface area contributed by atoms with Crippen LogP contribution in [-0.2, 0) is 23.1 Å². The fourth-order valence-electron chi connectivity index (χ4n) is 5.49. The van der Waals surface area contributed by atoms with Crippen LogP contribution in [0.1, 0.15) is 157 Å². The molecule has 6 nitrogen and oxygen atoms in total. The smallest absolute Gasteiger partial charge is 0.399 e. The summed E-state index contributed by atoms with van der Waals surface area (Å²) >= 11 is 0. The molecule has 0 radical (unpaired) electrons. The summed E-state index contributed by atoms with van der Waals surface area (Å²) in [5.41, 5.74) is -0.610. The second-order valence-corrected chi connectivity index (χ2v) is 13.9. The van der Waals surface area contributed by atoms with E-state index in [1.54, 1.807) is 0 Å². The van der Waals surface area contributed by atoms with Gasteiger partial charge in [-0.25, -0.2) is 0 Å². The Balaban J connectivity index is 0.000000724. The third kappa shape index (κ3) is 16.6. The Morgan fingerprint density at radius 3 is 1.42 bits per heavy atom. The zero-order valence-corrected chi connectivity index (χ0v) is 27.0. The number of unbranched alkanes of at least 4 members (excludes halogenated alkanes) is 14. The minimum absolute atomic E-state index is 0.345. The number of hydrogen-bond acceptors (Lipinski definition) is 5. The van der Waals surface area contributed by atoms with Gasteiger partial charge in [0.25, 0.3) is 0 Å². The fraction of sp³-hybridized carbons (Fsp3) is 0.968. The predicted molar refractivity (Wildman–Crippen MR) is 161 cm³/mol. The molecule has 0 unspecified atom stereocenters. The molecule has 0 aliphatic carbocycles. The van der Waals surface area contributed by atoms with Crippen LogP contribution in [0.15, 0.2) is 0 Å². The summed E-state index contributed by atoms with van der Waals surface area (Å²) in [5, 5.41) is 8.52. The first-order valence-corrected chi connectivity index (χ1v) is 18.3. The molecule has 0 aromatic rings. The van der Waals surface area contributed by atoms with Gasteiger partial charge in [-0.05, 0) is 46.6 Å². The van der Waals surface area contributed by atoms with Crippen LogP contribution in [0.25, 0.3) is 0 Å². The maximum absolute atomic E-state index is 10.3. The van der Waals surface area contributed by atoms with Gasteiger partial charge in [-0.3, -0.25) is 4.79 Å². The van der Waals surface area contributed by atoms with Gasteiger partial charge in [-0.1, -0.05) is 103 Å². The monoisotopic (exact) mass is 560 g/mol. The molecule has 0 spiro atoms. The Labute approximate surface area is 237 Å². The average Bonchev–Trinajstić information content (AvgIpc) is 2.89. The van der Waals surface area contributed by atoms with E-state index < -0.39 is 19.9 Å². The molecule has 38 heavy (non-hydrogen) atoms. The predicted octanol–water partition coefficient (Wildman–Crippen LogP) is 9.33. The molecular formula is C31H64O6Si. The van der Waals surface area contributed by atoms with Crippen molar-refractivity contribution < 1.29 is 28.2 Å². The maximum atomic E-state index is 10.3. The topological polar surface area (TPSA) is 74.2 Å². The van der Waals surface area contributed by atoms with E-state index in [0.29, 0.717) is 32.8 Å². The van der Waals surface area contributed by atoms with Gasteiger partial charge in [-0.15, -0.1) is 0 Å². The molecule has 1 rings (SSSR count). The first kappa shape index (κ1) is 37.5. The summed E-state index contributed by atoms with van der Waals surface area (Å²) in [7, 11) is -2.45. The van der Waals surface area contributed by atoms with Crippen LogP contribution in [-0.4, -0.2) is 51.5 Å². The van der Waals surface area contributed by atoms with Crippen molar-refractivity contribution >= 4 is 14.5 Å². The molecule has 0 aromatic heterocycles. The largest absolute Gasteiger partial charge is 0.481 e. The Bertz CT molecular complexity index is 483. The minimum atomic E-state index is -2.45. The number of aliphatic carboxylic acids is 1. The zero-order chi connectivity index (χ0) is 28.4. The lowest BCUT2D eigenvalue weighted by Gasteiger charge is -2.48. The Morgan fingerprint density at radius 1 is 0.632 bits per heavy atom. The minimum Gasteiger partial charge on any atom is -0.481 e. The first-order valence-electron chi connectivity index (χ1n) is 16.2. The van der Waals surface area contributed by atoms with Gasteiger partial charge in [0, 0.05) is 39.3 Å². The number of carboxylic acids is 1. The second-order valence-electron chi connectivity index (χ2n) is 10.5. The van der Waals surface area contributed by atoms with Gasteiger partial charge in [0.1, 0.15) is 0 Å². The average molecular weight is 561 g/mol. The highest BCUT2D eigenvalue weighted by Gasteiger charge is 2.61. The molecule has 0 aromatic carbocycles. The molecule has 0 atom stereocenters. The van der Waals surface area contributed by atoms with Crippen molar-refractivity contribution in [1.82, 2.24) is 0 Å². The number of hydrogen-bond donors (Lipinski definition) is 1. The molecular weight excluding hydrogens is 496 g/mol. The molecule has 1 aliphatic heterocycles. The van der Waals surface area contributed by atoms with Gasteiger partial charge in [-0.2, -0.15) is 0 Å². The van der Waals surface area contributed by atoms with E-state index in [0.717, 1.165) is 38.1 Å². The molecule has 228 valence electrons. The van der Waals surface area contributed by atoms with E-state index in [1.807, 2.05) is 27.7 Å². The van der Waals surface area contributed by atoms with Crippen LogP contribution in [0.4, 0.5) is 0 Å². The lowest BCUT2D eigenvalue weighted by molar-refractivity contribution is -0.211. The van der Waals surface area contributed by atoms with Gasteiger partial charge >= 0.3 is 14.5 Å². The molecule has 7 heteroatoms. The number of rotatable bonds is 24. The lowest BCUT2D eigenvalue weighted by Crippen LogP contribution is -2.67. The summed E-state index contributed by atoms with van der Waals surface area (Å²) < 4.78 is 24.2. The van der Waals surface area contributed by atoms with Crippen molar-refractivity contribution in [3.05, 3.63) is 0 Å². The van der Waals surface area contributed by atoms with E-state index >= 15 is 0 Å². The molecule has 0 bridgehead atoms. The highest BCUT2D eigenvalue weighted by molar-refractivity contribution is 6.70. The van der Waals surface area contributed by atoms with Crippen LogP contribution in [0, 0.1) is 0 Å². The number of carbonyl (C=O) groups is 1. The van der Waals surface area contributed by atoms with E-state index in [-0.39, 0.29) is 0 Å². The molecule has 0 amide bonds. The zero-order valence-electron chi connectivity index (χ0n) is 26.0. The van der Waals surface area contributed by atoms with Crippen LogP contribution < -0.4 is 0 Å². The van der Waals surface area contributed by atoms with Crippen molar-refractivity contribution in [2.75, 3.05) is 26.4 Å². The van der Waals surface area contributed by atoms with Crippen LogP contribution >= 0.6 is 0 Å². The summed E-state index contributed by atoms with van der Waals surface area (Å²) in [5.74, 6) is -0.653. The summed E-state index contributed by atoms with van der Waals surface area (Å²) in [6, 6.07) is 0.967. The normalized spacial score (nSPS) is 16.1. The third-order valence-electron chi connectivity index (χ3n) is 7.35. The van der Waals surface area contributed by atoms with Crippen LogP contribution in [0.5, 0.6) is 0 Å². The first-order chi connectivity index (χ1) is 18.5. The van der Waals surface area contributed by atoms with Crippen molar-refractivity contribution in [2.45, 2.75) is 168 Å². The summed E-state index contributed by atoms with van der Waals surface area (Å²) in [6.07, 6.45) is 23.4. The van der Waals surface area contributed by atoms with Gasteiger partial charge in [0.05, 0.1) is 0 Å². The van der Waals surface area contributed by atoms with E-state index in [9.17, 15) is 4.79 Å². The summed E-state index contributed by atoms with van der Waals surface area (Å²) in [4.78, 5) is 10.3. The molecule has 1 fully saturated rings. The van der Waals surface area contributed by atoms with Gasteiger partial charge in [0.2, 0.25) is 5.41 Å². The standard InChI is InChI=1S/C18H36O2.C13H28O4Si/c1-2-3-4-5-6-7-8-9-10-11-12-13-14-15-16-17-18(19)20;1-5-14-13(15-6-2)11-9-10-12-18(13,16-7-3)17-8-4/h2-17H2,1H3,(H,19,20);5-12H2,1-4H3. The van der Waals surface area contributed by atoms with E-state index in [1.165, 1.54) is 83.5 Å². The van der Waals surface area contributed by atoms with Gasteiger partial charge in [0.15, 0.2) is 0 Å². The Morgan fingerprint density at radius 2 is 1.05 bits per heavy atom. The SMILES string of the molecule is CCCCCCCCCCCCCCCCCC(=O)O.CCOC1(OCC)CCCC[Si]1(OCC)OCC. The second kappa shape index (κ2) is 25.5. The molecule has 1 N–H and O–H groups in total. The van der Waals surface area contributed by atoms with Crippen LogP contribution in [0.2, 0.25) is 6.04 Å². The van der Waals surface area contributed by atoms with Crippen molar-refractivity contribution in [3.8, 4) is 0 Å². The number of carboxylic acid groups (broad SMARTS) is 1. The molecule has 1 saturated heterocycles. The van der Waals surface area contributed by atoms with Crippen molar-refractivity contribution in [2.24, 2.45) is 0 Å². The maximum Gasteiger partial charge on any atom is 0.399 e.